The molecule has 3 amide bonds. The quantitative estimate of drug-likeness (QED) is 0.705. The van der Waals surface area contributed by atoms with Crippen LogP contribution in [0.4, 0.5) is 4.39 Å². The summed E-state index contributed by atoms with van der Waals surface area (Å²) in [4.78, 5) is 39.9. The average Bonchev–Trinajstić information content (AvgIpc) is 2.91. The van der Waals surface area contributed by atoms with Crippen molar-refractivity contribution in [1.29, 1.82) is 0 Å². The molecule has 0 bridgehead atoms. The minimum atomic E-state index is -0.332. The minimum absolute atomic E-state index is 0.0848. The summed E-state index contributed by atoms with van der Waals surface area (Å²) >= 11 is 0. The summed E-state index contributed by atoms with van der Waals surface area (Å²) in [5.74, 6) is -1.04. The van der Waals surface area contributed by atoms with Gasteiger partial charge in [-0.1, -0.05) is 24.3 Å². The van der Waals surface area contributed by atoms with Crippen LogP contribution in [-0.4, -0.2) is 40.6 Å². The van der Waals surface area contributed by atoms with Crippen LogP contribution in [0.25, 0.3) is 0 Å². The molecular weight excluding hydrogens is 347 g/mol. The molecule has 5 nitrogen and oxygen atoms in total. The summed E-state index contributed by atoms with van der Waals surface area (Å²) in [7, 11) is 0. The van der Waals surface area contributed by atoms with Gasteiger partial charge in [-0.15, -0.1) is 0 Å². The van der Waals surface area contributed by atoms with Gasteiger partial charge in [0.1, 0.15) is 5.82 Å². The van der Waals surface area contributed by atoms with Crippen molar-refractivity contribution in [2.24, 2.45) is 0 Å². The maximum atomic E-state index is 13.3. The summed E-state index contributed by atoms with van der Waals surface area (Å²) in [5.41, 5.74) is 1.55. The van der Waals surface area contributed by atoms with Gasteiger partial charge in [0.05, 0.1) is 11.1 Å². The van der Waals surface area contributed by atoms with E-state index in [0.29, 0.717) is 30.6 Å². The number of amides is 3. The molecular formula is C21H21FN2O3. The van der Waals surface area contributed by atoms with Crippen LogP contribution in [0.2, 0.25) is 0 Å². The van der Waals surface area contributed by atoms with E-state index >= 15 is 0 Å². The van der Waals surface area contributed by atoms with Gasteiger partial charge in [-0.25, -0.2) is 4.39 Å². The van der Waals surface area contributed by atoms with Crippen LogP contribution in [0.5, 0.6) is 0 Å². The second-order valence-electron chi connectivity index (χ2n) is 6.45. The third-order valence-electron chi connectivity index (χ3n) is 4.65. The third kappa shape index (κ3) is 4.05. The summed E-state index contributed by atoms with van der Waals surface area (Å²) in [5, 5.41) is 0. The zero-order valence-corrected chi connectivity index (χ0v) is 15.2. The molecule has 2 aromatic rings. The molecule has 0 aromatic heterocycles. The van der Waals surface area contributed by atoms with Crippen molar-refractivity contribution in [3.05, 3.63) is 71.0 Å². The number of benzene rings is 2. The number of hydrogen-bond donors (Lipinski definition) is 0. The molecule has 0 aliphatic carbocycles. The lowest BCUT2D eigenvalue weighted by Gasteiger charge is -2.22. The van der Waals surface area contributed by atoms with E-state index in [2.05, 4.69) is 0 Å². The van der Waals surface area contributed by atoms with E-state index in [1.165, 1.54) is 17.0 Å². The molecule has 0 fully saturated rings. The highest BCUT2D eigenvalue weighted by molar-refractivity contribution is 6.21. The minimum Gasteiger partial charge on any atom is -0.339 e. The van der Waals surface area contributed by atoms with Gasteiger partial charge in [0.2, 0.25) is 5.91 Å². The van der Waals surface area contributed by atoms with Crippen LogP contribution >= 0.6 is 0 Å². The topological polar surface area (TPSA) is 57.7 Å². The normalized spacial score (nSPS) is 13.0. The highest BCUT2D eigenvalue weighted by atomic mass is 19.1. The van der Waals surface area contributed by atoms with Crippen LogP contribution in [0.15, 0.2) is 48.5 Å². The average molecular weight is 368 g/mol. The summed E-state index contributed by atoms with van der Waals surface area (Å²) in [6.07, 6.45) is 0.612. The Morgan fingerprint density at radius 1 is 1.04 bits per heavy atom. The zero-order valence-electron chi connectivity index (χ0n) is 15.2. The number of hydrogen-bond acceptors (Lipinski definition) is 3. The van der Waals surface area contributed by atoms with Crippen LogP contribution in [-0.2, 0) is 11.3 Å². The first-order valence-electron chi connectivity index (χ1n) is 8.98. The molecule has 6 heteroatoms. The van der Waals surface area contributed by atoms with Crippen molar-refractivity contribution in [3.8, 4) is 0 Å². The van der Waals surface area contributed by atoms with Crippen LogP contribution < -0.4 is 0 Å². The number of carbonyl (C=O) groups excluding carboxylic acids is 3. The van der Waals surface area contributed by atoms with Gasteiger partial charge >= 0.3 is 0 Å². The molecule has 0 spiro atoms. The molecule has 0 saturated heterocycles. The number of imide groups is 1. The van der Waals surface area contributed by atoms with E-state index in [1.807, 2.05) is 6.92 Å². The zero-order chi connectivity index (χ0) is 19.4. The predicted octanol–water partition coefficient (Wildman–Crippen LogP) is 3.25. The van der Waals surface area contributed by atoms with Crippen molar-refractivity contribution in [2.75, 3.05) is 13.1 Å². The Balaban J connectivity index is 1.54. The van der Waals surface area contributed by atoms with Crippen molar-refractivity contribution in [1.82, 2.24) is 9.80 Å². The predicted molar refractivity (Wildman–Crippen MR) is 98.5 cm³/mol. The van der Waals surface area contributed by atoms with E-state index in [0.717, 1.165) is 5.56 Å². The standard InChI is InChI=1S/C21H21FN2O3/c1-2-23(14-15-7-5-8-16(22)13-15)19(25)11-6-12-24-20(26)17-9-3-4-10-18(17)21(24)27/h3-5,7-10,13H,2,6,11-12,14H2,1H3. The summed E-state index contributed by atoms with van der Waals surface area (Å²) in [6, 6.07) is 12.9. The van der Waals surface area contributed by atoms with Crippen LogP contribution in [0, 0.1) is 5.82 Å². The Morgan fingerprint density at radius 2 is 1.70 bits per heavy atom. The summed E-state index contributed by atoms with van der Waals surface area (Å²) in [6.45, 7) is 2.90. The molecule has 1 aliphatic heterocycles. The Bertz CT molecular complexity index is 846. The number of halogens is 1. The van der Waals surface area contributed by atoms with Gasteiger partial charge in [0.15, 0.2) is 0 Å². The SMILES string of the molecule is CCN(Cc1cccc(F)c1)C(=O)CCCN1C(=O)c2ccccc2C1=O. The summed E-state index contributed by atoms with van der Waals surface area (Å²) < 4.78 is 13.3. The van der Waals surface area contributed by atoms with Crippen molar-refractivity contribution >= 4 is 17.7 Å². The first-order chi connectivity index (χ1) is 13.0. The fourth-order valence-corrected chi connectivity index (χ4v) is 3.22. The lowest BCUT2D eigenvalue weighted by molar-refractivity contribution is -0.131. The van der Waals surface area contributed by atoms with E-state index in [4.69, 9.17) is 0 Å². The molecule has 27 heavy (non-hydrogen) atoms. The molecule has 1 aliphatic rings. The van der Waals surface area contributed by atoms with Crippen molar-refractivity contribution in [2.45, 2.75) is 26.3 Å². The van der Waals surface area contributed by atoms with Gasteiger partial charge < -0.3 is 4.90 Å². The maximum Gasteiger partial charge on any atom is 0.261 e. The lowest BCUT2D eigenvalue weighted by Crippen LogP contribution is -2.33. The van der Waals surface area contributed by atoms with Crippen LogP contribution in [0.3, 0.4) is 0 Å². The first kappa shape index (κ1) is 18.8. The van der Waals surface area contributed by atoms with Gasteiger partial charge in [-0.05, 0) is 43.2 Å². The van der Waals surface area contributed by atoms with E-state index in [1.54, 1.807) is 41.3 Å². The molecule has 2 aromatic carbocycles. The first-order valence-corrected chi connectivity index (χ1v) is 8.98. The second-order valence-corrected chi connectivity index (χ2v) is 6.45. The Hall–Kier alpha value is -3.02. The fourth-order valence-electron chi connectivity index (χ4n) is 3.22. The molecule has 0 saturated carbocycles. The third-order valence-corrected chi connectivity index (χ3v) is 4.65. The van der Waals surface area contributed by atoms with Crippen LogP contribution in [0.1, 0.15) is 46.0 Å². The Labute approximate surface area is 157 Å². The molecule has 0 unspecified atom stereocenters. The van der Waals surface area contributed by atoms with Crippen molar-refractivity contribution in [3.63, 3.8) is 0 Å². The smallest absolute Gasteiger partial charge is 0.261 e. The second kappa shape index (κ2) is 8.12. The Morgan fingerprint density at radius 3 is 2.30 bits per heavy atom. The fraction of sp³-hybridized carbons (Fsp3) is 0.286. The number of rotatable bonds is 7. The molecule has 140 valence electrons. The van der Waals surface area contributed by atoms with Gasteiger partial charge in [0, 0.05) is 26.1 Å². The van der Waals surface area contributed by atoms with Gasteiger partial charge in [-0.3, -0.25) is 19.3 Å². The molecule has 1 heterocycles. The molecule has 0 radical (unpaired) electrons. The number of nitrogens with zero attached hydrogens (tertiary/aromatic N) is 2. The van der Waals surface area contributed by atoms with E-state index in [-0.39, 0.29) is 36.5 Å². The van der Waals surface area contributed by atoms with Crippen molar-refractivity contribution < 1.29 is 18.8 Å². The maximum absolute atomic E-state index is 13.3. The number of carbonyl (C=O) groups is 3. The van der Waals surface area contributed by atoms with E-state index < -0.39 is 0 Å². The highest BCUT2D eigenvalue weighted by Crippen LogP contribution is 2.22. The molecule has 3 rings (SSSR count). The number of fused-ring (bicyclic) bond motifs is 1. The largest absolute Gasteiger partial charge is 0.339 e. The Kier molecular flexibility index (Phi) is 5.64. The monoisotopic (exact) mass is 368 g/mol. The van der Waals surface area contributed by atoms with E-state index in [9.17, 15) is 18.8 Å². The van der Waals surface area contributed by atoms with Gasteiger partial charge in [-0.2, -0.15) is 0 Å². The lowest BCUT2D eigenvalue weighted by atomic mass is 10.1. The molecule has 0 atom stereocenters. The highest BCUT2D eigenvalue weighted by Gasteiger charge is 2.34. The molecule has 0 N–H and O–H groups in total. The van der Waals surface area contributed by atoms with Gasteiger partial charge in [0.25, 0.3) is 11.8 Å².